The van der Waals surface area contributed by atoms with Crippen LogP contribution in [-0.2, 0) is 17.9 Å². The van der Waals surface area contributed by atoms with Gasteiger partial charge in [0.05, 0.1) is 24.5 Å². The van der Waals surface area contributed by atoms with Crippen molar-refractivity contribution in [2.45, 2.75) is 52.6 Å². The SMILES string of the molecule is Cc1sc2ncn(CC(=O)N(Cc3ccco3)C3=CCCCC3)c(=O)c2c1C. The van der Waals surface area contributed by atoms with Crippen molar-refractivity contribution in [3.05, 3.63) is 63.1 Å². The van der Waals surface area contributed by atoms with Crippen LogP contribution in [0.2, 0.25) is 0 Å². The molecule has 28 heavy (non-hydrogen) atoms. The summed E-state index contributed by atoms with van der Waals surface area (Å²) in [6.07, 6.45) is 9.26. The highest BCUT2D eigenvalue weighted by Crippen LogP contribution is 2.26. The first-order chi connectivity index (χ1) is 13.5. The Balaban J connectivity index is 1.65. The summed E-state index contributed by atoms with van der Waals surface area (Å²) in [5.41, 5.74) is 1.80. The van der Waals surface area contributed by atoms with Crippen molar-refractivity contribution in [2.24, 2.45) is 0 Å². The first kappa shape index (κ1) is 18.7. The van der Waals surface area contributed by atoms with Gasteiger partial charge in [0.25, 0.3) is 5.56 Å². The zero-order chi connectivity index (χ0) is 19.7. The van der Waals surface area contributed by atoms with Gasteiger partial charge in [-0.3, -0.25) is 14.2 Å². The standard InChI is InChI=1S/C21H23N3O3S/c1-14-15(2)28-20-19(14)21(26)23(13-22-20)12-18(25)24(11-17-9-6-10-27-17)16-7-4-3-5-8-16/h6-7,9-10,13H,3-5,8,11-12H2,1-2H3. The molecule has 1 aliphatic rings. The second-order valence-electron chi connectivity index (χ2n) is 7.14. The van der Waals surface area contributed by atoms with Gasteiger partial charge in [0.15, 0.2) is 0 Å². The number of thiophene rings is 1. The van der Waals surface area contributed by atoms with Crippen LogP contribution in [0.4, 0.5) is 0 Å². The van der Waals surface area contributed by atoms with Gasteiger partial charge in [0.2, 0.25) is 5.91 Å². The molecule has 0 saturated heterocycles. The molecule has 0 fully saturated rings. The largest absolute Gasteiger partial charge is 0.467 e. The first-order valence-electron chi connectivity index (χ1n) is 9.51. The number of allylic oxidation sites excluding steroid dienone is 2. The lowest BCUT2D eigenvalue weighted by Crippen LogP contribution is -2.36. The van der Waals surface area contributed by atoms with Crippen molar-refractivity contribution < 1.29 is 9.21 Å². The van der Waals surface area contributed by atoms with Gasteiger partial charge in [-0.25, -0.2) is 4.98 Å². The molecule has 0 aromatic carbocycles. The number of carbonyl (C=O) groups excluding carboxylic acids is 1. The van der Waals surface area contributed by atoms with Crippen LogP contribution in [0.25, 0.3) is 10.2 Å². The molecule has 6 nitrogen and oxygen atoms in total. The number of carbonyl (C=O) groups is 1. The number of amides is 1. The Labute approximate surface area is 167 Å². The van der Waals surface area contributed by atoms with Gasteiger partial charge in [-0.1, -0.05) is 6.08 Å². The average Bonchev–Trinajstić information content (AvgIpc) is 3.31. The molecule has 0 spiro atoms. The van der Waals surface area contributed by atoms with Crippen molar-refractivity contribution in [1.29, 1.82) is 0 Å². The van der Waals surface area contributed by atoms with E-state index >= 15 is 0 Å². The number of rotatable bonds is 5. The number of furan rings is 1. The first-order valence-corrected chi connectivity index (χ1v) is 10.3. The van der Waals surface area contributed by atoms with Crippen molar-refractivity contribution in [3.63, 3.8) is 0 Å². The van der Waals surface area contributed by atoms with Crippen LogP contribution in [0.5, 0.6) is 0 Å². The lowest BCUT2D eigenvalue weighted by Gasteiger charge is -2.27. The van der Waals surface area contributed by atoms with E-state index in [0.29, 0.717) is 11.9 Å². The summed E-state index contributed by atoms with van der Waals surface area (Å²) >= 11 is 1.51. The summed E-state index contributed by atoms with van der Waals surface area (Å²) in [5, 5.41) is 0.618. The van der Waals surface area contributed by atoms with Crippen LogP contribution in [0.3, 0.4) is 0 Å². The molecule has 3 heterocycles. The predicted octanol–water partition coefficient (Wildman–Crippen LogP) is 4.15. The summed E-state index contributed by atoms with van der Waals surface area (Å²) in [4.78, 5) is 34.1. The molecule has 0 bridgehead atoms. The Kier molecular flexibility index (Phi) is 5.17. The predicted molar refractivity (Wildman–Crippen MR) is 109 cm³/mol. The molecule has 3 aromatic heterocycles. The molecule has 0 atom stereocenters. The van der Waals surface area contributed by atoms with E-state index in [4.69, 9.17) is 4.42 Å². The van der Waals surface area contributed by atoms with Gasteiger partial charge in [-0.05, 0) is 57.2 Å². The second kappa shape index (κ2) is 7.75. The summed E-state index contributed by atoms with van der Waals surface area (Å²) in [6.45, 7) is 4.25. The molecule has 0 radical (unpaired) electrons. The van der Waals surface area contributed by atoms with E-state index in [-0.39, 0.29) is 18.0 Å². The van der Waals surface area contributed by atoms with Crippen molar-refractivity contribution in [1.82, 2.24) is 14.5 Å². The Bertz CT molecular complexity index is 1090. The highest BCUT2D eigenvalue weighted by molar-refractivity contribution is 7.18. The number of aromatic nitrogens is 2. The van der Waals surface area contributed by atoms with Crippen LogP contribution >= 0.6 is 11.3 Å². The van der Waals surface area contributed by atoms with Crippen LogP contribution in [0.15, 0.2) is 45.7 Å². The maximum atomic E-state index is 13.2. The Hall–Kier alpha value is -2.67. The highest BCUT2D eigenvalue weighted by Gasteiger charge is 2.22. The molecule has 3 aromatic rings. The third-order valence-electron chi connectivity index (χ3n) is 5.27. The van der Waals surface area contributed by atoms with E-state index in [1.807, 2.05) is 26.0 Å². The van der Waals surface area contributed by atoms with Crippen LogP contribution < -0.4 is 5.56 Å². The van der Waals surface area contributed by atoms with E-state index in [1.54, 1.807) is 11.2 Å². The van der Waals surface area contributed by atoms with Gasteiger partial charge in [-0.15, -0.1) is 11.3 Å². The lowest BCUT2D eigenvalue weighted by atomic mass is 10.0. The van der Waals surface area contributed by atoms with E-state index in [2.05, 4.69) is 11.1 Å². The second-order valence-corrected chi connectivity index (χ2v) is 8.34. The highest BCUT2D eigenvalue weighted by atomic mass is 32.1. The summed E-state index contributed by atoms with van der Waals surface area (Å²) < 4.78 is 6.87. The fraction of sp³-hybridized carbons (Fsp3) is 0.381. The quantitative estimate of drug-likeness (QED) is 0.648. The molecule has 0 aliphatic heterocycles. The zero-order valence-electron chi connectivity index (χ0n) is 16.1. The van der Waals surface area contributed by atoms with Gasteiger partial charge < -0.3 is 9.32 Å². The maximum Gasteiger partial charge on any atom is 0.262 e. The minimum atomic E-state index is -0.157. The fourth-order valence-electron chi connectivity index (χ4n) is 3.59. The van der Waals surface area contributed by atoms with Gasteiger partial charge in [-0.2, -0.15) is 0 Å². The maximum absolute atomic E-state index is 13.2. The summed E-state index contributed by atoms with van der Waals surface area (Å²) in [6, 6.07) is 3.68. The Morgan fingerprint density at radius 1 is 1.36 bits per heavy atom. The molecule has 1 aliphatic carbocycles. The van der Waals surface area contributed by atoms with E-state index in [9.17, 15) is 9.59 Å². The Morgan fingerprint density at radius 3 is 2.93 bits per heavy atom. The van der Waals surface area contributed by atoms with Crippen molar-refractivity contribution >= 4 is 27.5 Å². The molecular formula is C21H23N3O3S. The molecule has 7 heteroatoms. The molecule has 1 amide bonds. The zero-order valence-corrected chi connectivity index (χ0v) is 16.9. The van der Waals surface area contributed by atoms with Crippen LogP contribution in [-0.4, -0.2) is 20.4 Å². The summed E-state index contributed by atoms with van der Waals surface area (Å²) in [5.74, 6) is 0.599. The molecule has 0 N–H and O–H groups in total. The van der Waals surface area contributed by atoms with E-state index < -0.39 is 0 Å². The fourth-order valence-corrected chi connectivity index (χ4v) is 4.58. The third kappa shape index (κ3) is 3.54. The van der Waals surface area contributed by atoms with Gasteiger partial charge in [0, 0.05) is 10.6 Å². The van der Waals surface area contributed by atoms with Gasteiger partial charge in [0.1, 0.15) is 17.1 Å². The number of hydrogen-bond acceptors (Lipinski definition) is 5. The smallest absolute Gasteiger partial charge is 0.262 e. The van der Waals surface area contributed by atoms with E-state index in [1.165, 1.54) is 22.2 Å². The molecule has 146 valence electrons. The summed E-state index contributed by atoms with van der Waals surface area (Å²) in [7, 11) is 0. The molecule has 4 rings (SSSR count). The minimum Gasteiger partial charge on any atom is -0.467 e. The molecular weight excluding hydrogens is 374 g/mol. The van der Waals surface area contributed by atoms with Crippen LogP contribution in [0.1, 0.15) is 41.9 Å². The number of nitrogens with zero attached hydrogens (tertiary/aromatic N) is 3. The monoisotopic (exact) mass is 397 g/mol. The third-order valence-corrected chi connectivity index (χ3v) is 6.39. The number of fused-ring (bicyclic) bond motifs is 1. The van der Waals surface area contributed by atoms with Crippen molar-refractivity contribution in [3.8, 4) is 0 Å². The topological polar surface area (TPSA) is 68.3 Å². The molecule has 0 saturated carbocycles. The average molecular weight is 398 g/mol. The van der Waals surface area contributed by atoms with Crippen molar-refractivity contribution in [2.75, 3.05) is 0 Å². The lowest BCUT2D eigenvalue weighted by molar-refractivity contribution is -0.130. The molecule has 0 unspecified atom stereocenters. The number of hydrogen-bond donors (Lipinski definition) is 0. The normalized spacial score (nSPS) is 14.3. The number of aryl methyl sites for hydroxylation is 2. The van der Waals surface area contributed by atoms with Gasteiger partial charge >= 0.3 is 0 Å². The van der Waals surface area contributed by atoms with E-state index in [0.717, 1.165) is 52.4 Å². The Morgan fingerprint density at radius 2 is 2.21 bits per heavy atom. The minimum absolute atomic E-state index is 0.0336. The van der Waals surface area contributed by atoms with Crippen LogP contribution in [0, 0.1) is 13.8 Å².